The van der Waals surface area contributed by atoms with Crippen LogP contribution in [0.25, 0.3) is 0 Å². The second-order valence-electron chi connectivity index (χ2n) is 5.69. The number of rotatable bonds is 2. The van der Waals surface area contributed by atoms with Crippen LogP contribution in [-0.4, -0.2) is 15.9 Å². The van der Waals surface area contributed by atoms with E-state index in [1.54, 1.807) is 0 Å². The van der Waals surface area contributed by atoms with Crippen molar-refractivity contribution in [3.63, 3.8) is 0 Å². The van der Waals surface area contributed by atoms with Crippen molar-refractivity contribution in [2.75, 3.05) is 5.75 Å². The van der Waals surface area contributed by atoms with Gasteiger partial charge in [0, 0.05) is 0 Å². The van der Waals surface area contributed by atoms with Gasteiger partial charge >= 0.3 is 0 Å². The van der Waals surface area contributed by atoms with Crippen molar-refractivity contribution in [2.45, 2.75) is 51.3 Å². The Hall–Kier alpha value is -0.550. The molecule has 2 rings (SSSR count). The van der Waals surface area contributed by atoms with E-state index < -0.39 is 0 Å². The van der Waals surface area contributed by atoms with Crippen molar-refractivity contribution in [2.24, 2.45) is 11.1 Å². The van der Waals surface area contributed by atoms with E-state index in [0.29, 0.717) is 11.1 Å². The van der Waals surface area contributed by atoms with E-state index in [0.717, 1.165) is 12.3 Å². The van der Waals surface area contributed by atoms with Crippen molar-refractivity contribution >= 4 is 11.8 Å². The molecule has 0 bridgehead atoms. The molecule has 0 spiro atoms. The number of aromatic nitrogens is 2. The average Bonchev–Trinajstić information content (AvgIpc) is 2.77. The predicted molar refractivity (Wildman–Crippen MR) is 69.7 cm³/mol. The van der Waals surface area contributed by atoms with Gasteiger partial charge in [0.15, 0.2) is 5.82 Å². The van der Waals surface area contributed by atoms with Gasteiger partial charge < -0.3 is 10.3 Å². The topological polar surface area (TPSA) is 64.9 Å². The number of hydrogen-bond acceptors (Lipinski definition) is 5. The summed E-state index contributed by atoms with van der Waals surface area (Å²) in [7, 11) is 0. The summed E-state index contributed by atoms with van der Waals surface area (Å²) in [5, 5.41) is 4.41. The molecule has 17 heavy (non-hydrogen) atoms. The molecule has 4 nitrogen and oxygen atoms in total. The lowest BCUT2D eigenvalue weighted by Gasteiger charge is -2.23. The summed E-state index contributed by atoms with van der Waals surface area (Å²) in [5.41, 5.74) is 6.08. The van der Waals surface area contributed by atoms with Gasteiger partial charge in [-0.1, -0.05) is 32.3 Å². The van der Waals surface area contributed by atoms with Crippen LogP contribution in [0.5, 0.6) is 0 Å². The molecule has 2 N–H and O–H groups in total. The first-order valence-electron chi connectivity index (χ1n) is 6.19. The van der Waals surface area contributed by atoms with Crippen LogP contribution < -0.4 is 5.73 Å². The van der Waals surface area contributed by atoms with Crippen molar-refractivity contribution in [1.29, 1.82) is 0 Å². The maximum atomic E-state index is 6.12. The normalized spacial score (nSPS) is 23.6. The molecule has 2 unspecified atom stereocenters. The van der Waals surface area contributed by atoms with Gasteiger partial charge in [-0.25, -0.2) is 0 Å². The Morgan fingerprint density at radius 3 is 2.76 bits per heavy atom. The van der Waals surface area contributed by atoms with E-state index in [1.807, 2.05) is 11.8 Å². The Morgan fingerprint density at radius 2 is 2.18 bits per heavy atom. The van der Waals surface area contributed by atoms with Gasteiger partial charge in [-0.2, -0.15) is 4.98 Å². The van der Waals surface area contributed by atoms with Gasteiger partial charge in [0.05, 0.1) is 11.3 Å². The molecule has 2 heterocycles. The van der Waals surface area contributed by atoms with Gasteiger partial charge in [-0.15, -0.1) is 11.8 Å². The van der Waals surface area contributed by atoms with Gasteiger partial charge in [0.1, 0.15) is 0 Å². The summed E-state index contributed by atoms with van der Waals surface area (Å²) in [6.45, 7) is 6.26. The van der Waals surface area contributed by atoms with Crippen LogP contribution in [0.1, 0.15) is 63.0 Å². The van der Waals surface area contributed by atoms with E-state index in [2.05, 4.69) is 30.9 Å². The fourth-order valence-corrected chi connectivity index (χ4v) is 3.05. The summed E-state index contributed by atoms with van der Waals surface area (Å²) in [4.78, 5) is 4.48. The molecule has 0 aliphatic carbocycles. The fourth-order valence-electron chi connectivity index (χ4n) is 1.83. The fraction of sp³-hybridized carbons (Fsp3) is 0.833. The number of nitrogens with zero attached hydrogens (tertiary/aromatic N) is 2. The zero-order chi connectivity index (χ0) is 12.5. The first kappa shape index (κ1) is 12.9. The molecular weight excluding hydrogens is 234 g/mol. The summed E-state index contributed by atoms with van der Waals surface area (Å²) >= 11 is 1.91. The van der Waals surface area contributed by atoms with Crippen LogP contribution >= 0.6 is 11.8 Å². The van der Waals surface area contributed by atoms with Crippen LogP contribution in [0.3, 0.4) is 0 Å². The minimum absolute atomic E-state index is 0.0408. The average molecular weight is 255 g/mol. The largest absolute Gasteiger partial charge is 0.338 e. The Balaban J connectivity index is 2.10. The summed E-state index contributed by atoms with van der Waals surface area (Å²) in [6.07, 6.45) is 3.68. The molecule has 1 aliphatic rings. The minimum atomic E-state index is -0.173. The maximum Gasteiger partial charge on any atom is 0.239 e. The smallest absolute Gasteiger partial charge is 0.239 e. The third-order valence-corrected chi connectivity index (χ3v) is 4.49. The second kappa shape index (κ2) is 4.98. The third kappa shape index (κ3) is 3.01. The number of thioether (sulfide) groups is 1. The minimum Gasteiger partial charge on any atom is -0.338 e. The highest BCUT2D eigenvalue weighted by atomic mass is 32.2. The molecule has 5 heteroatoms. The van der Waals surface area contributed by atoms with E-state index in [1.165, 1.54) is 18.6 Å². The van der Waals surface area contributed by atoms with E-state index in [9.17, 15) is 0 Å². The van der Waals surface area contributed by atoms with Gasteiger partial charge in [0.2, 0.25) is 5.89 Å². The standard InChI is InChI=1S/C12H21N3OS/c1-12(2,3)9(13)10-14-11(16-15-10)8-6-4-5-7-17-8/h8-9H,4-7,13H2,1-3H3. The van der Waals surface area contributed by atoms with Crippen LogP contribution in [-0.2, 0) is 0 Å². The summed E-state index contributed by atoms with van der Waals surface area (Å²) in [6, 6.07) is -0.173. The monoisotopic (exact) mass is 255 g/mol. The molecule has 2 atom stereocenters. The van der Waals surface area contributed by atoms with Crippen LogP contribution in [0.2, 0.25) is 0 Å². The maximum absolute atomic E-state index is 6.12. The van der Waals surface area contributed by atoms with Crippen molar-refractivity contribution < 1.29 is 4.52 Å². The van der Waals surface area contributed by atoms with Crippen molar-refractivity contribution in [3.05, 3.63) is 11.7 Å². The molecule has 1 aromatic rings. The highest BCUT2D eigenvalue weighted by Gasteiger charge is 2.29. The molecular formula is C12H21N3OS. The first-order chi connectivity index (χ1) is 7.98. The second-order valence-corrected chi connectivity index (χ2v) is 7.00. The number of nitrogens with two attached hydrogens (primary N) is 1. The van der Waals surface area contributed by atoms with E-state index in [-0.39, 0.29) is 11.5 Å². The predicted octanol–water partition coefficient (Wildman–Crippen LogP) is 3.07. The van der Waals surface area contributed by atoms with Crippen molar-refractivity contribution in [1.82, 2.24) is 10.1 Å². The third-order valence-electron chi connectivity index (χ3n) is 3.12. The molecule has 0 radical (unpaired) electrons. The Kier molecular flexibility index (Phi) is 3.78. The molecule has 0 saturated carbocycles. The molecule has 0 aromatic carbocycles. The van der Waals surface area contributed by atoms with E-state index in [4.69, 9.17) is 10.3 Å². The Morgan fingerprint density at radius 1 is 1.41 bits per heavy atom. The molecule has 1 saturated heterocycles. The van der Waals surface area contributed by atoms with Crippen LogP contribution in [0.15, 0.2) is 4.52 Å². The lowest BCUT2D eigenvalue weighted by Crippen LogP contribution is -2.27. The number of hydrogen-bond donors (Lipinski definition) is 1. The lowest BCUT2D eigenvalue weighted by molar-refractivity contribution is 0.299. The SMILES string of the molecule is CC(C)(C)C(N)c1noc(C2CCCCS2)n1. The van der Waals surface area contributed by atoms with Crippen LogP contribution in [0.4, 0.5) is 0 Å². The Labute approximate surface area is 107 Å². The Bertz CT molecular complexity index is 366. The van der Waals surface area contributed by atoms with Gasteiger partial charge in [-0.3, -0.25) is 0 Å². The highest BCUT2D eigenvalue weighted by molar-refractivity contribution is 7.99. The van der Waals surface area contributed by atoms with Gasteiger partial charge in [0.25, 0.3) is 0 Å². The molecule has 1 aromatic heterocycles. The van der Waals surface area contributed by atoms with Crippen molar-refractivity contribution in [3.8, 4) is 0 Å². The lowest BCUT2D eigenvalue weighted by atomic mass is 9.87. The summed E-state index contributed by atoms with van der Waals surface area (Å²) < 4.78 is 5.36. The molecule has 0 amide bonds. The molecule has 1 aliphatic heterocycles. The first-order valence-corrected chi connectivity index (χ1v) is 7.24. The summed E-state index contributed by atoms with van der Waals surface area (Å²) in [5.74, 6) is 2.58. The quantitative estimate of drug-likeness (QED) is 0.879. The zero-order valence-corrected chi connectivity index (χ0v) is 11.6. The van der Waals surface area contributed by atoms with Gasteiger partial charge in [-0.05, 0) is 24.0 Å². The zero-order valence-electron chi connectivity index (χ0n) is 10.8. The molecule has 96 valence electrons. The van der Waals surface area contributed by atoms with E-state index >= 15 is 0 Å². The highest BCUT2D eigenvalue weighted by Crippen LogP contribution is 2.38. The van der Waals surface area contributed by atoms with Crippen LogP contribution in [0, 0.1) is 5.41 Å². The molecule has 1 fully saturated rings.